The van der Waals surface area contributed by atoms with Crippen molar-refractivity contribution in [1.29, 1.82) is 0 Å². The van der Waals surface area contributed by atoms with Gasteiger partial charge in [-0.1, -0.05) is 25.1 Å². The second-order valence-corrected chi connectivity index (χ2v) is 5.94. The fourth-order valence-electron chi connectivity index (χ4n) is 3.49. The van der Waals surface area contributed by atoms with Gasteiger partial charge in [-0.05, 0) is 43.9 Å². The maximum atomic E-state index is 12.8. The summed E-state index contributed by atoms with van der Waals surface area (Å²) in [5.41, 5.74) is 2.36. The first-order valence-electron chi connectivity index (χ1n) is 8.20. The number of nitrogens with zero attached hydrogens (tertiary/aromatic N) is 2. The van der Waals surface area contributed by atoms with E-state index in [1.807, 2.05) is 15.9 Å². The van der Waals surface area contributed by atoms with E-state index in [4.69, 9.17) is 0 Å². The number of benzene rings is 1. The molecule has 0 aromatic heterocycles. The summed E-state index contributed by atoms with van der Waals surface area (Å²) in [6.45, 7) is 5.75. The Labute approximate surface area is 127 Å². The van der Waals surface area contributed by atoms with Crippen molar-refractivity contribution in [2.24, 2.45) is 0 Å². The van der Waals surface area contributed by atoms with Crippen LogP contribution in [-0.4, -0.2) is 37.1 Å². The Balaban J connectivity index is 1.90. The number of amides is 2. The number of rotatable bonds is 2. The smallest absolute Gasteiger partial charge is 0.324 e. The molecule has 0 radical (unpaired) electrons. The largest absolute Gasteiger partial charge is 0.324 e. The zero-order valence-electron chi connectivity index (χ0n) is 12.8. The normalized spacial score (nSPS) is 22.0. The van der Waals surface area contributed by atoms with Crippen LogP contribution in [0.4, 0.5) is 10.5 Å². The fourth-order valence-corrected chi connectivity index (χ4v) is 3.49. The lowest BCUT2D eigenvalue weighted by molar-refractivity contribution is 0.215. The van der Waals surface area contributed by atoms with Gasteiger partial charge in [-0.3, -0.25) is 4.90 Å². The van der Waals surface area contributed by atoms with Crippen molar-refractivity contribution >= 4 is 11.7 Å². The van der Waals surface area contributed by atoms with E-state index >= 15 is 0 Å². The summed E-state index contributed by atoms with van der Waals surface area (Å²) in [6.07, 6.45) is 4.42. The topological polar surface area (TPSA) is 35.6 Å². The van der Waals surface area contributed by atoms with Crippen LogP contribution in [0.25, 0.3) is 0 Å². The quantitative estimate of drug-likeness (QED) is 0.907. The number of fused-ring (bicyclic) bond motifs is 1. The van der Waals surface area contributed by atoms with Crippen molar-refractivity contribution in [3.63, 3.8) is 0 Å². The molecule has 0 bridgehead atoms. The van der Waals surface area contributed by atoms with Crippen LogP contribution in [0.2, 0.25) is 0 Å². The second-order valence-electron chi connectivity index (χ2n) is 5.94. The van der Waals surface area contributed by atoms with Crippen LogP contribution >= 0.6 is 0 Å². The zero-order valence-corrected chi connectivity index (χ0v) is 12.8. The number of carbonyl (C=O) groups excluding carboxylic acids is 1. The van der Waals surface area contributed by atoms with Gasteiger partial charge in [0.2, 0.25) is 0 Å². The molecular weight excluding hydrogens is 262 g/mol. The first-order chi connectivity index (χ1) is 10.3. The van der Waals surface area contributed by atoms with Crippen molar-refractivity contribution < 1.29 is 4.79 Å². The van der Waals surface area contributed by atoms with Crippen LogP contribution in [0.3, 0.4) is 0 Å². The predicted molar refractivity (Wildman–Crippen MR) is 85.6 cm³/mol. The Morgan fingerprint density at radius 1 is 1.19 bits per heavy atom. The molecule has 1 aromatic carbocycles. The van der Waals surface area contributed by atoms with Gasteiger partial charge in [-0.25, -0.2) is 4.79 Å². The molecule has 2 aliphatic rings. The van der Waals surface area contributed by atoms with Crippen LogP contribution in [0.15, 0.2) is 24.3 Å². The van der Waals surface area contributed by atoms with Crippen LogP contribution in [0.1, 0.15) is 44.2 Å². The third-order valence-electron chi connectivity index (χ3n) is 4.54. The molecule has 2 amide bonds. The van der Waals surface area contributed by atoms with Gasteiger partial charge < -0.3 is 10.2 Å². The van der Waals surface area contributed by atoms with Crippen molar-refractivity contribution in [1.82, 2.24) is 10.2 Å². The number of anilines is 1. The number of urea groups is 1. The number of hydrogen-bond acceptors (Lipinski definition) is 2. The van der Waals surface area contributed by atoms with Gasteiger partial charge in [0.1, 0.15) is 0 Å². The summed E-state index contributed by atoms with van der Waals surface area (Å²) in [5, 5.41) is 3.56. The predicted octanol–water partition coefficient (Wildman–Crippen LogP) is 3.15. The summed E-state index contributed by atoms with van der Waals surface area (Å²) >= 11 is 0. The highest BCUT2D eigenvalue weighted by Gasteiger charge is 2.29. The number of nitrogens with one attached hydrogen (secondary N) is 1. The molecule has 1 fully saturated rings. The Bertz CT molecular complexity index is 497. The number of para-hydroxylation sites is 1. The van der Waals surface area contributed by atoms with E-state index < -0.39 is 0 Å². The number of carbonyl (C=O) groups is 1. The van der Waals surface area contributed by atoms with Gasteiger partial charge in [0, 0.05) is 25.7 Å². The molecular formula is C17H25N3O. The third-order valence-corrected chi connectivity index (χ3v) is 4.54. The summed E-state index contributed by atoms with van der Waals surface area (Å²) in [6, 6.07) is 8.93. The lowest BCUT2D eigenvalue weighted by Crippen LogP contribution is -2.42. The van der Waals surface area contributed by atoms with Crippen LogP contribution < -0.4 is 10.2 Å². The SMILES string of the molecule is CCNC1CCCN(C(=O)N2CCCC2)c2ccccc21. The molecule has 1 atom stereocenters. The van der Waals surface area contributed by atoms with Gasteiger partial charge >= 0.3 is 6.03 Å². The molecule has 4 nitrogen and oxygen atoms in total. The molecule has 114 valence electrons. The van der Waals surface area contributed by atoms with Crippen molar-refractivity contribution in [2.75, 3.05) is 31.1 Å². The van der Waals surface area contributed by atoms with E-state index in [0.717, 1.165) is 57.5 Å². The first-order valence-corrected chi connectivity index (χ1v) is 8.20. The molecule has 2 heterocycles. The van der Waals surface area contributed by atoms with Crippen LogP contribution in [-0.2, 0) is 0 Å². The van der Waals surface area contributed by atoms with E-state index in [0.29, 0.717) is 6.04 Å². The Kier molecular flexibility index (Phi) is 4.44. The van der Waals surface area contributed by atoms with Crippen molar-refractivity contribution in [3.8, 4) is 0 Å². The lowest BCUT2D eigenvalue weighted by atomic mass is 10.0. The van der Waals surface area contributed by atoms with Crippen molar-refractivity contribution in [2.45, 2.75) is 38.6 Å². The molecule has 2 aliphatic heterocycles. The number of hydrogen-bond donors (Lipinski definition) is 1. The highest BCUT2D eigenvalue weighted by atomic mass is 16.2. The molecule has 0 spiro atoms. The lowest BCUT2D eigenvalue weighted by Gasteiger charge is -2.28. The summed E-state index contributed by atoms with van der Waals surface area (Å²) < 4.78 is 0. The molecule has 4 heteroatoms. The van der Waals surface area contributed by atoms with Crippen LogP contribution in [0, 0.1) is 0 Å². The summed E-state index contributed by atoms with van der Waals surface area (Å²) in [7, 11) is 0. The average Bonchev–Trinajstić information content (AvgIpc) is 2.98. The van der Waals surface area contributed by atoms with E-state index in [1.165, 1.54) is 5.56 Å². The second kappa shape index (κ2) is 6.48. The van der Waals surface area contributed by atoms with Gasteiger partial charge in [0.15, 0.2) is 0 Å². The molecule has 3 rings (SSSR count). The first kappa shape index (κ1) is 14.4. The minimum atomic E-state index is 0.192. The fraction of sp³-hybridized carbons (Fsp3) is 0.588. The third kappa shape index (κ3) is 2.91. The minimum Gasteiger partial charge on any atom is -0.324 e. The van der Waals surface area contributed by atoms with E-state index in [2.05, 4.69) is 30.4 Å². The average molecular weight is 287 g/mol. The molecule has 0 aliphatic carbocycles. The van der Waals surface area contributed by atoms with E-state index in [-0.39, 0.29) is 6.03 Å². The van der Waals surface area contributed by atoms with Crippen LogP contribution in [0.5, 0.6) is 0 Å². The summed E-state index contributed by atoms with van der Waals surface area (Å²) in [5.74, 6) is 0. The highest BCUT2D eigenvalue weighted by Crippen LogP contribution is 2.33. The van der Waals surface area contributed by atoms with Gasteiger partial charge in [0.25, 0.3) is 0 Å². The molecule has 1 unspecified atom stereocenters. The Morgan fingerprint density at radius 3 is 2.71 bits per heavy atom. The van der Waals surface area contributed by atoms with E-state index in [9.17, 15) is 4.79 Å². The monoisotopic (exact) mass is 287 g/mol. The molecule has 1 saturated heterocycles. The van der Waals surface area contributed by atoms with Crippen molar-refractivity contribution in [3.05, 3.63) is 29.8 Å². The number of likely N-dealkylation sites (tertiary alicyclic amines) is 1. The Morgan fingerprint density at radius 2 is 1.95 bits per heavy atom. The van der Waals surface area contributed by atoms with Gasteiger partial charge in [-0.2, -0.15) is 0 Å². The minimum absolute atomic E-state index is 0.192. The maximum absolute atomic E-state index is 12.8. The van der Waals surface area contributed by atoms with Gasteiger partial charge in [-0.15, -0.1) is 0 Å². The zero-order chi connectivity index (χ0) is 14.7. The highest BCUT2D eigenvalue weighted by molar-refractivity contribution is 5.93. The Hall–Kier alpha value is -1.55. The standard InChI is InChI=1S/C17H25N3O/c1-2-18-15-9-7-13-20(16-10-4-3-8-14(15)16)17(21)19-11-5-6-12-19/h3-4,8,10,15,18H,2,5-7,9,11-13H2,1H3. The summed E-state index contributed by atoms with van der Waals surface area (Å²) in [4.78, 5) is 16.8. The van der Waals surface area contributed by atoms with E-state index in [1.54, 1.807) is 0 Å². The molecule has 0 saturated carbocycles. The molecule has 21 heavy (non-hydrogen) atoms. The maximum Gasteiger partial charge on any atom is 0.324 e. The molecule has 1 aromatic rings. The van der Waals surface area contributed by atoms with Gasteiger partial charge in [0.05, 0.1) is 5.69 Å². The molecule has 1 N–H and O–H groups in total.